The molecule has 0 aliphatic carbocycles. The van der Waals surface area contributed by atoms with Gasteiger partial charge in [-0.2, -0.15) is 4.98 Å². The smallest absolute Gasteiger partial charge is 0.224 e. The molecule has 0 saturated carbocycles. The zero-order valence-electron chi connectivity index (χ0n) is 12.3. The first-order valence-corrected chi connectivity index (χ1v) is 6.83. The van der Waals surface area contributed by atoms with Crippen molar-refractivity contribution in [3.8, 4) is 0 Å². The van der Waals surface area contributed by atoms with E-state index in [0.717, 1.165) is 24.5 Å². The summed E-state index contributed by atoms with van der Waals surface area (Å²) in [6.07, 6.45) is 1.71. The van der Waals surface area contributed by atoms with Crippen molar-refractivity contribution in [3.63, 3.8) is 0 Å². The predicted octanol–water partition coefficient (Wildman–Crippen LogP) is 2.20. The molecule has 21 heavy (non-hydrogen) atoms. The second kappa shape index (κ2) is 7.54. The summed E-state index contributed by atoms with van der Waals surface area (Å²) in [6, 6.07) is 8.20. The highest BCUT2D eigenvalue weighted by molar-refractivity contribution is 5.40. The van der Waals surface area contributed by atoms with E-state index < -0.39 is 0 Å². The normalized spacial score (nSPS) is 10.7. The topological polar surface area (TPSA) is 53.1 Å². The summed E-state index contributed by atoms with van der Waals surface area (Å²) in [6.45, 7) is 2.29. The SMILES string of the molecule is CN(C)CCNc1nccc(NCc2ccc(F)cc2)n1. The Morgan fingerprint density at radius 3 is 2.57 bits per heavy atom. The average molecular weight is 289 g/mol. The van der Waals surface area contributed by atoms with Crippen LogP contribution in [0.5, 0.6) is 0 Å². The van der Waals surface area contributed by atoms with Crippen LogP contribution >= 0.6 is 0 Å². The van der Waals surface area contributed by atoms with Gasteiger partial charge in [0.2, 0.25) is 5.95 Å². The van der Waals surface area contributed by atoms with Gasteiger partial charge in [0.15, 0.2) is 0 Å². The van der Waals surface area contributed by atoms with Crippen LogP contribution in [0.4, 0.5) is 16.2 Å². The van der Waals surface area contributed by atoms with Crippen LogP contribution in [0.1, 0.15) is 5.56 Å². The van der Waals surface area contributed by atoms with Gasteiger partial charge in [-0.05, 0) is 37.9 Å². The fourth-order valence-electron chi connectivity index (χ4n) is 1.73. The molecule has 5 nitrogen and oxygen atoms in total. The van der Waals surface area contributed by atoms with Crippen LogP contribution in [0.3, 0.4) is 0 Å². The lowest BCUT2D eigenvalue weighted by molar-refractivity contribution is 0.425. The van der Waals surface area contributed by atoms with E-state index in [-0.39, 0.29) is 5.82 Å². The van der Waals surface area contributed by atoms with E-state index in [1.165, 1.54) is 12.1 Å². The summed E-state index contributed by atoms with van der Waals surface area (Å²) >= 11 is 0. The largest absolute Gasteiger partial charge is 0.366 e. The van der Waals surface area contributed by atoms with Gasteiger partial charge < -0.3 is 15.5 Å². The van der Waals surface area contributed by atoms with Gasteiger partial charge in [-0.15, -0.1) is 0 Å². The van der Waals surface area contributed by atoms with Crippen LogP contribution in [0.2, 0.25) is 0 Å². The molecule has 1 aromatic carbocycles. The highest BCUT2D eigenvalue weighted by Crippen LogP contribution is 2.09. The Kier molecular flexibility index (Phi) is 5.45. The maximum Gasteiger partial charge on any atom is 0.224 e. The van der Waals surface area contributed by atoms with Crippen LogP contribution in [-0.2, 0) is 6.54 Å². The molecule has 1 aromatic heterocycles. The molecule has 0 amide bonds. The van der Waals surface area contributed by atoms with E-state index in [1.54, 1.807) is 24.4 Å². The second-order valence-corrected chi connectivity index (χ2v) is 4.98. The molecule has 2 N–H and O–H groups in total. The molecule has 0 radical (unpaired) electrons. The Morgan fingerprint density at radius 1 is 1.10 bits per heavy atom. The summed E-state index contributed by atoms with van der Waals surface area (Å²) < 4.78 is 12.8. The molecule has 0 aliphatic heterocycles. The van der Waals surface area contributed by atoms with Crippen LogP contribution in [0.15, 0.2) is 36.5 Å². The van der Waals surface area contributed by atoms with Crippen molar-refractivity contribution in [1.82, 2.24) is 14.9 Å². The summed E-state index contributed by atoms with van der Waals surface area (Å²) in [5.41, 5.74) is 0.997. The number of benzene rings is 1. The van der Waals surface area contributed by atoms with Crippen molar-refractivity contribution in [2.45, 2.75) is 6.54 Å². The Bertz CT molecular complexity index is 556. The quantitative estimate of drug-likeness (QED) is 0.818. The van der Waals surface area contributed by atoms with Gasteiger partial charge >= 0.3 is 0 Å². The lowest BCUT2D eigenvalue weighted by Crippen LogP contribution is -2.21. The maximum atomic E-state index is 12.8. The molecular formula is C15H20FN5. The molecule has 0 fully saturated rings. The fourth-order valence-corrected chi connectivity index (χ4v) is 1.73. The number of halogens is 1. The fraction of sp³-hybridized carbons (Fsp3) is 0.333. The third kappa shape index (κ3) is 5.35. The van der Waals surface area contributed by atoms with Crippen LogP contribution in [0, 0.1) is 5.82 Å². The minimum absolute atomic E-state index is 0.229. The van der Waals surface area contributed by atoms with E-state index in [4.69, 9.17) is 0 Å². The highest BCUT2D eigenvalue weighted by atomic mass is 19.1. The number of hydrogen-bond acceptors (Lipinski definition) is 5. The lowest BCUT2D eigenvalue weighted by Gasteiger charge is -2.11. The summed E-state index contributed by atoms with van der Waals surface area (Å²) in [7, 11) is 4.03. The first-order chi connectivity index (χ1) is 10.1. The van der Waals surface area contributed by atoms with Crippen molar-refractivity contribution in [2.75, 3.05) is 37.8 Å². The summed E-state index contributed by atoms with van der Waals surface area (Å²) in [5, 5.41) is 6.36. The minimum Gasteiger partial charge on any atom is -0.366 e. The van der Waals surface area contributed by atoms with Crippen molar-refractivity contribution in [2.24, 2.45) is 0 Å². The number of nitrogens with zero attached hydrogens (tertiary/aromatic N) is 3. The Hall–Kier alpha value is -2.21. The van der Waals surface area contributed by atoms with Gasteiger partial charge in [0.1, 0.15) is 11.6 Å². The number of rotatable bonds is 7. The standard InChI is InChI=1S/C15H20FN5/c1-21(2)10-9-18-15-17-8-7-14(20-15)19-11-12-3-5-13(16)6-4-12/h3-8H,9-11H2,1-2H3,(H2,17,18,19,20). The van der Waals surface area contributed by atoms with Crippen molar-refractivity contribution in [3.05, 3.63) is 47.9 Å². The molecule has 1 heterocycles. The van der Waals surface area contributed by atoms with E-state index >= 15 is 0 Å². The molecule has 0 aliphatic rings. The summed E-state index contributed by atoms with van der Waals surface area (Å²) in [5.74, 6) is 1.11. The van der Waals surface area contributed by atoms with Gasteiger partial charge in [-0.1, -0.05) is 12.1 Å². The van der Waals surface area contributed by atoms with Crippen LogP contribution in [-0.4, -0.2) is 42.1 Å². The third-order valence-electron chi connectivity index (χ3n) is 2.88. The Balaban J connectivity index is 1.87. The van der Waals surface area contributed by atoms with E-state index in [1.807, 2.05) is 14.1 Å². The maximum absolute atomic E-state index is 12.8. The van der Waals surface area contributed by atoms with Gasteiger partial charge in [-0.3, -0.25) is 0 Å². The molecule has 0 bridgehead atoms. The van der Waals surface area contributed by atoms with Gasteiger partial charge in [-0.25, -0.2) is 9.37 Å². The molecule has 0 unspecified atom stereocenters. The summed E-state index contributed by atoms with van der Waals surface area (Å²) in [4.78, 5) is 10.6. The van der Waals surface area contributed by atoms with Gasteiger partial charge in [0, 0.05) is 25.8 Å². The molecule has 2 rings (SSSR count). The van der Waals surface area contributed by atoms with Crippen LogP contribution < -0.4 is 10.6 Å². The monoisotopic (exact) mass is 289 g/mol. The lowest BCUT2D eigenvalue weighted by atomic mass is 10.2. The van der Waals surface area contributed by atoms with E-state index in [9.17, 15) is 4.39 Å². The first-order valence-electron chi connectivity index (χ1n) is 6.83. The van der Waals surface area contributed by atoms with Gasteiger partial charge in [0.05, 0.1) is 0 Å². The molecule has 0 atom stereocenters. The van der Waals surface area contributed by atoms with Crippen molar-refractivity contribution in [1.29, 1.82) is 0 Å². The molecule has 2 aromatic rings. The van der Waals surface area contributed by atoms with Crippen molar-refractivity contribution >= 4 is 11.8 Å². The Morgan fingerprint density at radius 2 is 1.86 bits per heavy atom. The van der Waals surface area contributed by atoms with E-state index in [2.05, 4.69) is 25.5 Å². The minimum atomic E-state index is -0.229. The second-order valence-electron chi connectivity index (χ2n) is 4.98. The molecule has 6 heteroatoms. The first kappa shape index (κ1) is 15.2. The Labute approximate surface area is 124 Å². The van der Waals surface area contributed by atoms with Gasteiger partial charge in [0.25, 0.3) is 0 Å². The van der Waals surface area contributed by atoms with E-state index in [0.29, 0.717) is 12.5 Å². The number of hydrogen-bond donors (Lipinski definition) is 2. The van der Waals surface area contributed by atoms with Crippen LogP contribution in [0.25, 0.3) is 0 Å². The number of likely N-dealkylation sites (N-methyl/N-ethyl adjacent to an activating group) is 1. The molecule has 0 saturated heterocycles. The number of nitrogens with one attached hydrogen (secondary N) is 2. The molecule has 112 valence electrons. The number of aromatic nitrogens is 2. The predicted molar refractivity (Wildman–Crippen MR) is 82.8 cm³/mol. The third-order valence-corrected chi connectivity index (χ3v) is 2.88. The zero-order chi connectivity index (χ0) is 15.1. The molecular weight excluding hydrogens is 269 g/mol. The molecule has 0 spiro atoms. The zero-order valence-corrected chi connectivity index (χ0v) is 12.3. The highest BCUT2D eigenvalue weighted by Gasteiger charge is 2.00. The number of anilines is 2. The van der Waals surface area contributed by atoms with Crippen molar-refractivity contribution < 1.29 is 4.39 Å². The average Bonchev–Trinajstić information content (AvgIpc) is 2.47.